The van der Waals surface area contributed by atoms with E-state index in [0.29, 0.717) is 0 Å². The molecule has 0 unspecified atom stereocenters. The van der Waals surface area contributed by atoms with Crippen molar-refractivity contribution in [2.45, 2.75) is 0 Å². The van der Waals surface area contributed by atoms with Crippen molar-refractivity contribution in [2.24, 2.45) is 0 Å². The van der Waals surface area contributed by atoms with Crippen LogP contribution in [-0.4, -0.2) is 17.5 Å². The number of hydrogen-bond acceptors (Lipinski definition) is 2. The molecule has 0 aliphatic rings. The molecule has 7 heavy (non-hydrogen) atoms. The first-order valence-electron chi connectivity index (χ1n) is 0.698. The Balaban J connectivity index is -0.0000000800. The molecule has 0 aliphatic carbocycles. The van der Waals surface area contributed by atoms with Crippen LogP contribution in [0.5, 0.6) is 0 Å². The molecular formula is H3ClO4SZn. The van der Waals surface area contributed by atoms with Gasteiger partial charge in [-0.15, -0.1) is 12.4 Å². The third kappa shape index (κ3) is 253. The second kappa shape index (κ2) is 4.93. The summed E-state index contributed by atoms with van der Waals surface area (Å²) in [4.78, 5) is 0. The standard InChI is InChI=1S/ClH.H2O4S.Zn/c;1-5(2,3)4;/h1H;(H2,1,2,3,4);. The zero-order chi connectivity index (χ0) is 4.50. The van der Waals surface area contributed by atoms with Crippen LogP contribution in [0.3, 0.4) is 0 Å². The molecule has 0 aromatic rings. The molecule has 0 atom stereocenters. The smallest absolute Gasteiger partial charge is 0.264 e. The molecule has 0 heterocycles. The summed E-state index contributed by atoms with van der Waals surface area (Å²) in [5.74, 6) is 0. The molecule has 42 valence electrons. The van der Waals surface area contributed by atoms with Crippen LogP contribution < -0.4 is 0 Å². The average Bonchev–Trinajstić information content (AvgIpc) is 0.722. The first-order chi connectivity index (χ1) is 2.00. The largest absolute Gasteiger partial charge is 0.394 e. The van der Waals surface area contributed by atoms with E-state index in [1.165, 1.54) is 0 Å². The van der Waals surface area contributed by atoms with Crippen LogP contribution in [0.4, 0.5) is 0 Å². The third-order valence-corrected chi connectivity index (χ3v) is 0. The van der Waals surface area contributed by atoms with Crippen molar-refractivity contribution in [3.63, 3.8) is 0 Å². The van der Waals surface area contributed by atoms with E-state index in [0.717, 1.165) is 0 Å². The molecule has 7 heteroatoms. The molecule has 0 saturated carbocycles. The molecule has 0 bridgehead atoms. The van der Waals surface area contributed by atoms with E-state index in [2.05, 4.69) is 0 Å². The van der Waals surface area contributed by atoms with Gasteiger partial charge in [-0.3, -0.25) is 9.11 Å². The van der Waals surface area contributed by atoms with E-state index in [1.807, 2.05) is 0 Å². The predicted molar refractivity (Wildman–Crippen MR) is 21.4 cm³/mol. The normalized spacial score (nSPS) is 8.29. The Morgan fingerprint density at radius 3 is 1.14 bits per heavy atom. The summed E-state index contributed by atoms with van der Waals surface area (Å²) in [6.07, 6.45) is 0. The van der Waals surface area contributed by atoms with E-state index in [-0.39, 0.29) is 31.9 Å². The van der Waals surface area contributed by atoms with Crippen molar-refractivity contribution in [1.82, 2.24) is 0 Å². The topological polar surface area (TPSA) is 74.6 Å². The fourth-order valence-corrected chi connectivity index (χ4v) is 0. The van der Waals surface area contributed by atoms with Crippen molar-refractivity contribution in [2.75, 3.05) is 0 Å². The summed E-state index contributed by atoms with van der Waals surface area (Å²) in [5, 5.41) is 0. The van der Waals surface area contributed by atoms with E-state index >= 15 is 0 Å². The zero-order valence-corrected chi connectivity index (χ0v) is 7.83. The van der Waals surface area contributed by atoms with Gasteiger partial charge < -0.3 is 0 Å². The summed E-state index contributed by atoms with van der Waals surface area (Å²) in [5.41, 5.74) is 0. The van der Waals surface area contributed by atoms with Gasteiger partial charge in [0.15, 0.2) is 0 Å². The van der Waals surface area contributed by atoms with Crippen molar-refractivity contribution >= 4 is 22.8 Å². The summed E-state index contributed by atoms with van der Waals surface area (Å²) in [7, 11) is -4.67. The van der Waals surface area contributed by atoms with E-state index in [9.17, 15) is 0 Å². The molecular weight excluding hydrogens is 197 g/mol. The van der Waals surface area contributed by atoms with Gasteiger partial charge in [0.2, 0.25) is 0 Å². The average molecular weight is 200 g/mol. The minimum Gasteiger partial charge on any atom is -0.264 e. The quantitative estimate of drug-likeness (QED) is 0.418. The van der Waals surface area contributed by atoms with Gasteiger partial charge in [0.1, 0.15) is 0 Å². The first kappa shape index (κ1) is 15.7. The predicted octanol–water partition coefficient (Wildman–Crippen LogP) is -0.233. The van der Waals surface area contributed by atoms with Crippen LogP contribution in [0.15, 0.2) is 0 Å². The Bertz CT molecular complexity index is 94.9. The fraction of sp³-hybridized carbons (Fsp3) is 0. The molecule has 0 spiro atoms. The summed E-state index contributed by atoms with van der Waals surface area (Å²) < 4.78 is 31.6. The van der Waals surface area contributed by atoms with Gasteiger partial charge in [-0.25, -0.2) is 0 Å². The Morgan fingerprint density at radius 1 is 1.14 bits per heavy atom. The summed E-state index contributed by atoms with van der Waals surface area (Å²) >= 11 is 0. The SMILES string of the molecule is Cl.O=S(=O)(O)O.[Zn]. The van der Waals surface area contributed by atoms with Gasteiger partial charge >= 0.3 is 10.4 Å². The van der Waals surface area contributed by atoms with Crippen LogP contribution >= 0.6 is 12.4 Å². The minimum atomic E-state index is -4.67. The van der Waals surface area contributed by atoms with Gasteiger partial charge in [0, 0.05) is 19.5 Å². The Morgan fingerprint density at radius 2 is 1.14 bits per heavy atom. The summed E-state index contributed by atoms with van der Waals surface area (Å²) in [6.45, 7) is 0. The third-order valence-electron chi connectivity index (χ3n) is 0. The molecule has 4 nitrogen and oxygen atoms in total. The zero-order valence-electron chi connectivity index (χ0n) is 3.23. The maximum atomic E-state index is 8.74. The van der Waals surface area contributed by atoms with Gasteiger partial charge in [-0.05, 0) is 0 Å². The molecule has 0 aliphatic heterocycles. The van der Waals surface area contributed by atoms with Gasteiger partial charge in [0.25, 0.3) is 0 Å². The van der Waals surface area contributed by atoms with Crippen LogP contribution in [0, 0.1) is 0 Å². The van der Waals surface area contributed by atoms with E-state index < -0.39 is 10.4 Å². The number of hydrogen-bond donors (Lipinski definition) is 2. The fourth-order valence-electron chi connectivity index (χ4n) is 0. The second-order valence-corrected chi connectivity index (χ2v) is 1.34. The van der Waals surface area contributed by atoms with Crippen LogP contribution in [0.2, 0.25) is 0 Å². The number of rotatable bonds is 0. The van der Waals surface area contributed by atoms with Crippen LogP contribution in [0.25, 0.3) is 0 Å². The van der Waals surface area contributed by atoms with E-state index in [4.69, 9.17) is 17.5 Å². The molecule has 0 saturated heterocycles. The number of halogens is 1. The Labute approximate surface area is 60.0 Å². The van der Waals surface area contributed by atoms with Crippen LogP contribution in [0.1, 0.15) is 0 Å². The molecule has 0 amide bonds. The maximum absolute atomic E-state index is 8.74. The van der Waals surface area contributed by atoms with Crippen molar-refractivity contribution in [3.8, 4) is 0 Å². The first-order valence-corrected chi connectivity index (χ1v) is 2.10. The molecule has 0 aromatic heterocycles. The molecule has 0 radical (unpaired) electrons. The van der Waals surface area contributed by atoms with Crippen molar-refractivity contribution in [1.29, 1.82) is 0 Å². The monoisotopic (exact) mass is 198 g/mol. The van der Waals surface area contributed by atoms with Crippen LogP contribution in [-0.2, 0) is 29.9 Å². The Kier molecular flexibility index (Phi) is 11.0. The maximum Gasteiger partial charge on any atom is 0.394 e. The minimum absolute atomic E-state index is 0. The van der Waals surface area contributed by atoms with E-state index in [1.54, 1.807) is 0 Å². The second-order valence-electron chi connectivity index (χ2n) is 0.448. The van der Waals surface area contributed by atoms with Crippen molar-refractivity contribution in [3.05, 3.63) is 0 Å². The van der Waals surface area contributed by atoms with Crippen molar-refractivity contribution < 1.29 is 37.0 Å². The Hall–Kier alpha value is 0.783. The summed E-state index contributed by atoms with van der Waals surface area (Å²) in [6, 6.07) is 0. The molecule has 2 N–H and O–H groups in total. The van der Waals surface area contributed by atoms with Gasteiger partial charge in [-0.1, -0.05) is 0 Å². The van der Waals surface area contributed by atoms with Gasteiger partial charge in [0.05, 0.1) is 0 Å². The van der Waals surface area contributed by atoms with Gasteiger partial charge in [-0.2, -0.15) is 8.42 Å². The molecule has 0 aromatic carbocycles. The molecule has 0 rings (SSSR count). The molecule has 0 fully saturated rings.